The van der Waals surface area contributed by atoms with E-state index in [9.17, 15) is 18.7 Å². The molecule has 0 fully saturated rings. The molecule has 4 N–H and O–H groups in total. The maximum absolute atomic E-state index is 12.2. The van der Waals surface area contributed by atoms with Crippen LogP contribution < -0.4 is 20.7 Å². The van der Waals surface area contributed by atoms with Gasteiger partial charge in [0, 0.05) is 25.2 Å². The number of aliphatic hydroxyl groups excluding tert-OH is 1. The molecule has 174 valence electrons. The highest BCUT2D eigenvalue weighted by atomic mass is 19.3. The number of hydrogen-bond acceptors (Lipinski definition) is 4. The summed E-state index contributed by atoms with van der Waals surface area (Å²) < 4.78 is 28.8. The normalized spacial score (nSPS) is 12.4. The minimum Gasteiger partial charge on any atom is -0.435 e. The molecule has 0 heterocycles. The average Bonchev–Trinajstić information content (AvgIpc) is 2.76. The monoisotopic (exact) mass is 448 g/mol. The lowest BCUT2D eigenvalue weighted by atomic mass is 10.1. The highest BCUT2D eigenvalue weighted by Gasteiger charge is 2.10. The second-order valence-electron chi connectivity index (χ2n) is 7.04. The Kier molecular flexibility index (Phi) is 10.4. The van der Waals surface area contributed by atoms with Gasteiger partial charge in [0.15, 0.2) is 5.96 Å². The number of anilines is 1. The van der Waals surface area contributed by atoms with Crippen LogP contribution in [0.1, 0.15) is 43.9 Å². The van der Waals surface area contributed by atoms with Gasteiger partial charge in [-0.1, -0.05) is 31.2 Å². The van der Waals surface area contributed by atoms with Crippen molar-refractivity contribution < 1.29 is 23.4 Å². The average molecular weight is 449 g/mol. The molecule has 0 saturated carbocycles. The summed E-state index contributed by atoms with van der Waals surface area (Å²) in [6.07, 6.45) is 0.394. The van der Waals surface area contributed by atoms with Crippen LogP contribution in [-0.2, 0) is 11.3 Å². The summed E-state index contributed by atoms with van der Waals surface area (Å²) in [5.41, 5.74) is 2.21. The van der Waals surface area contributed by atoms with E-state index >= 15 is 0 Å². The predicted molar refractivity (Wildman–Crippen MR) is 121 cm³/mol. The van der Waals surface area contributed by atoms with Crippen molar-refractivity contribution >= 4 is 17.6 Å². The van der Waals surface area contributed by atoms with Crippen LogP contribution in [0.15, 0.2) is 53.5 Å². The maximum atomic E-state index is 12.2. The predicted octanol–water partition coefficient (Wildman–Crippen LogP) is 3.82. The van der Waals surface area contributed by atoms with Crippen molar-refractivity contribution in [1.29, 1.82) is 0 Å². The Morgan fingerprint density at radius 2 is 1.88 bits per heavy atom. The Labute approximate surface area is 186 Å². The molecule has 0 aliphatic heterocycles. The van der Waals surface area contributed by atoms with Gasteiger partial charge in [0.2, 0.25) is 5.91 Å². The van der Waals surface area contributed by atoms with Gasteiger partial charge in [-0.15, -0.1) is 0 Å². The quantitative estimate of drug-likeness (QED) is 0.310. The van der Waals surface area contributed by atoms with Gasteiger partial charge in [-0.05, 0) is 48.7 Å². The van der Waals surface area contributed by atoms with Crippen LogP contribution in [0.4, 0.5) is 14.5 Å². The van der Waals surface area contributed by atoms with Gasteiger partial charge in [-0.2, -0.15) is 8.78 Å². The van der Waals surface area contributed by atoms with E-state index in [1.807, 2.05) is 38.1 Å². The van der Waals surface area contributed by atoms with Crippen LogP contribution in [0, 0.1) is 0 Å². The molecule has 32 heavy (non-hydrogen) atoms. The Morgan fingerprint density at radius 3 is 2.53 bits per heavy atom. The zero-order valence-corrected chi connectivity index (χ0v) is 18.3. The molecule has 1 amide bonds. The van der Waals surface area contributed by atoms with E-state index < -0.39 is 12.7 Å². The molecule has 0 radical (unpaired) electrons. The molecule has 0 saturated heterocycles. The number of rotatable bonds is 11. The number of alkyl halides is 2. The third-order valence-corrected chi connectivity index (χ3v) is 4.40. The van der Waals surface area contributed by atoms with Gasteiger partial charge in [0.25, 0.3) is 0 Å². The van der Waals surface area contributed by atoms with E-state index in [-0.39, 0.29) is 18.2 Å². The molecule has 7 nitrogen and oxygen atoms in total. The summed E-state index contributed by atoms with van der Waals surface area (Å²) in [4.78, 5) is 16.3. The molecule has 0 aromatic heterocycles. The number of aliphatic hydroxyl groups is 1. The highest BCUT2D eigenvalue weighted by Crippen LogP contribution is 2.19. The van der Waals surface area contributed by atoms with Crippen LogP contribution in [0.5, 0.6) is 5.75 Å². The molecule has 0 bridgehead atoms. The fourth-order valence-electron chi connectivity index (χ4n) is 2.89. The fraction of sp³-hybridized carbons (Fsp3) is 0.391. The molecule has 0 aliphatic rings. The number of nitrogens with zero attached hydrogens (tertiary/aromatic N) is 1. The van der Waals surface area contributed by atoms with Crippen molar-refractivity contribution in [2.24, 2.45) is 4.99 Å². The third kappa shape index (κ3) is 8.89. The summed E-state index contributed by atoms with van der Waals surface area (Å²) in [5, 5.41) is 19.4. The Balaban J connectivity index is 1.94. The van der Waals surface area contributed by atoms with Crippen molar-refractivity contribution in [3.63, 3.8) is 0 Å². The molecular formula is C23H30F2N4O3. The Morgan fingerprint density at radius 1 is 1.12 bits per heavy atom. The number of guanidine groups is 1. The minimum atomic E-state index is -2.89. The number of carbonyl (C=O) groups is 1. The summed E-state index contributed by atoms with van der Waals surface area (Å²) in [6.45, 7) is 2.18. The van der Waals surface area contributed by atoms with Crippen molar-refractivity contribution in [3.8, 4) is 5.75 Å². The first-order chi connectivity index (χ1) is 15.4. The Hall–Kier alpha value is -3.20. The lowest BCUT2D eigenvalue weighted by molar-refractivity contribution is -0.116. The third-order valence-electron chi connectivity index (χ3n) is 4.40. The molecule has 2 aromatic carbocycles. The number of nitrogens with one attached hydrogen (secondary N) is 3. The largest absolute Gasteiger partial charge is 0.435 e. The summed E-state index contributed by atoms with van der Waals surface area (Å²) >= 11 is 0. The standard InChI is InChI=1S/C23H30F2N4O3/c1-3-6-21(31)29-18-8-5-7-16(13-18)14-27-23(26-4-2)28-15-20(30)17-9-11-19(12-10-17)32-22(24)25/h5,7-13,20,22,30H,3-4,6,14-15H2,1-2H3,(H,29,31)(H2,26,27,28). The number of halogens is 2. The van der Waals surface area contributed by atoms with Gasteiger partial charge in [0.1, 0.15) is 5.75 Å². The first kappa shape index (κ1) is 25.1. The second kappa shape index (κ2) is 13.3. The van der Waals surface area contributed by atoms with Gasteiger partial charge in [-0.25, -0.2) is 4.99 Å². The fourth-order valence-corrected chi connectivity index (χ4v) is 2.89. The second-order valence-corrected chi connectivity index (χ2v) is 7.04. The first-order valence-corrected chi connectivity index (χ1v) is 10.5. The smallest absolute Gasteiger partial charge is 0.387 e. The highest BCUT2D eigenvalue weighted by molar-refractivity contribution is 5.90. The zero-order valence-electron chi connectivity index (χ0n) is 18.3. The Bertz CT molecular complexity index is 876. The number of aliphatic imine (C=N–C) groups is 1. The molecular weight excluding hydrogens is 418 g/mol. The lowest BCUT2D eigenvalue weighted by Crippen LogP contribution is -2.39. The molecule has 0 spiro atoms. The zero-order chi connectivity index (χ0) is 23.3. The number of carbonyl (C=O) groups excluding carboxylic acids is 1. The molecule has 2 aromatic rings. The summed E-state index contributed by atoms with van der Waals surface area (Å²) in [6, 6.07) is 13.3. The number of benzene rings is 2. The summed E-state index contributed by atoms with van der Waals surface area (Å²) in [5.74, 6) is 0.530. The number of amides is 1. The van der Waals surface area contributed by atoms with Gasteiger partial charge in [-0.3, -0.25) is 4.79 Å². The van der Waals surface area contributed by atoms with Crippen LogP contribution in [0.2, 0.25) is 0 Å². The van der Waals surface area contributed by atoms with Crippen LogP contribution in [0.3, 0.4) is 0 Å². The van der Waals surface area contributed by atoms with E-state index in [0.717, 1.165) is 17.7 Å². The molecule has 2 rings (SSSR count). The van der Waals surface area contributed by atoms with Crippen molar-refractivity contribution in [2.75, 3.05) is 18.4 Å². The molecule has 1 atom stereocenters. The topological polar surface area (TPSA) is 95.0 Å². The van der Waals surface area contributed by atoms with E-state index in [0.29, 0.717) is 31.0 Å². The maximum Gasteiger partial charge on any atom is 0.387 e. The van der Waals surface area contributed by atoms with E-state index in [1.54, 1.807) is 0 Å². The van der Waals surface area contributed by atoms with Gasteiger partial charge < -0.3 is 25.8 Å². The van der Waals surface area contributed by atoms with Crippen molar-refractivity contribution in [2.45, 2.75) is 45.9 Å². The van der Waals surface area contributed by atoms with Crippen molar-refractivity contribution in [1.82, 2.24) is 10.6 Å². The van der Waals surface area contributed by atoms with Crippen LogP contribution >= 0.6 is 0 Å². The first-order valence-electron chi connectivity index (χ1n) is 10.5. The van der Waals surface area contributed by atoms with Gasteiger partial charge >= 0.3 is 6.61 Å². The summed E-state index contributed by atoms with van der Waals surface area (Å²) in [7, 11) is 0. The van der Waals surface area contributed by atoms with E-state index in [2.05, 4.69) is 25.7 Å². The van der Waals surface area contributed by atoms with Crippen LogP contribution in [0.25, 0.3) is 0 Å². The SMILES string of the molecule is CCCC(=O)Nc1cccc(CN=C(NCC)NCC(O)c2ccc(OC(F)F)cc2)c1. The van der Waals surface area contributed by atoms with Crippen LogP contribution in [-0.4, -0.2) is 36.7 Å². The number of hydrogen-bond donors (Lipinski definition) is 4. The van der Waals surface area contributed by atoms with Gasteiger partial charge in [0.05, 0.1) is 12.6 Å². The molecule has 9 heteroatoms. The van der Waals surface area contributed by atoms with E-state index in [4.69, 9.17) is 0 Å². The van der Waals surface area contributed by atoms with E-state index in [1.165, 1.54) is 24.3 Å². The number of ether oxygens (including phenoxy) is 1. The molecule has 1 unspecified atom stereocenters. The lowest BCUT2D eigenvalue weighted by Gasteiger charge is -2.16. The molecule has 0 aliphatic carbocycles. The van der Waals surface area contributed by atoms with Crippen molar-refractivity contribution in [3.05, 3.63) is 59.7 Å². The minimum absolute atomic E-state index is 0.0223.